The second-order valence-electron chi connectivity index (χ2n) is 9.11. The number of esters is 1. The summed E-state index contributed by atoms with van der Waals surface area (Å²) in [5.74, 6) is 2.14. The molecule has 2 nitrogen and oxygen atoms in total. The zero-order valence-electron chi connectivity index (χ0n) is 15.0. The van der Waals surface area contributed by atoms with E-state index in [0.717, 1.165) is 24.7 Å². The highest BCUT2D eigenvalue weighted by atomic mass is 79.9. The fraction of sp³-hybridized carbons (Fsp3) is 0.850. The SMILES string of the molecule is C[C@H](CC1CC(C)(C)C(=O)O1)[C@H]1CCC2/C(=C/Br)CCC[C@@]21C. The average molecular weight is 383 g/mol. The quantitative estimate of drug-likeness (QED) is 0.572. The van der Waals surface area contributed by atoms with Crippen molar-refractivity contribution in [3.8, 4) is 0 Å². The molecule has 0 spiro atoms. The minimum Gasteiger partial charge on any atom is -0.462 e. The highest BCUT2D eigenvalue weighted by molar-refractivity contribution is 9.11. The number of allylic oxidation sites excluding steroid dienone is 1. The first-order valence-corrected chi connectivity index (χ1v) is 10.2. The lowest BCUT2D eigenvalue weighted by Crippen LogP contribution is -2.36. The van der Waals surface area contributed by atoms with Crippen LogP contribution in [0.4, 0.5) is 0 Å². The summed E-state index contributed by atoms with van der Waals surface area (Å²) in [5.41, 5.74) is 1.78. The van der Waals surface area contributed by atoms with E-state index in [2.05, 4.69) is 34.8 Å². The van der Waals surface area contributed by atoms with Crippen molar-refractivity contribution in [1.82, 2.24) is 0 Å². The number of cyclic esters (lactones) is 1. The van der Waals surface area contributed by atoms with Gasteiger partial charge in [0.1, 0.15) is 6.10 Å². The van der Waals surface area contributed by atoms with E-state index in [9.17, 15) is 4.79 Å². The standard InChI is InChI=1S/C20H31BrO2/c1-13(10-15-11-19(2,3)18(22)23-15)16-7-8-17-14(12-21)6-5-9-20(16,17)4/h12-13,15-17H,5-11H2,1-4H3/b14-12+/t13-,15?,16-,17?,20-/m1/s1. The van der Waals surface area contributed by atoms with Gasteiger partial charge in [-0.3, -0.25) is 4.79 Å². The molecular formula is C20H31BrO2. The van der Waals surface area contributed by atoms with Crippen LogP contribution in [0.15, 0.2) is 10.6 Å². The van der Waals surface area contributed by atoms with E-state index >= 15 is 0 Å². The Morgan fingerprint density at radius 1 is 1.35 bits per heavy atom. The van der Waals surface area contributed by atoms with Crippen LogP contribution in [0.25, 0.3) is 0 Å². The van der Waals surface area contributed by atoms with Gasteiger partial charge < -0.3 is 4.74 Å². The van der Waals surface area contributed by atoms with Crippen LogP contribution in [0.1, 0.15) is 72.6 Å². The zero-order valence-corrected chi connectivity index (χ0v) is 16.6. The van der Waals surface area contributed by atoms with Crippen LogP contribution < -0.4 is 0 Å². The number of halogens is 1. The molecule has 0 amide bonds. The molecule has 1 heterocycles. The van der Waals surface area contributed by atoms with E-state index in [0.29, 0.717) is 11.3 Å². The van der Waals surface area contributed by atoms with E-state index in [1.165, 1.54) is 32.1 Å². The maximum absolute atomic E-state index is 11.9. The fourth-order valence-corrected chi connectivity index (χ4v) is 6.41. The van der Waals surface area contributed by atoms with Gasteiger partial charge in [-0.1, -0.05) is 35.4 Å². The maximum atomic E-state index is 11.9. The van der Waals surface area contributed by atoms with Crippen molar-refractivity contribution in [3.63, 3.8) is 0 Å². The third-order valence-electron chi connectivity index (χ3n) is 7.06. The van der Waals surface area contributed by atoms with Gasteiger partial charge in [0.25, 0.3) is 0 Å². The van der Waals surface area contributed by atoms with E-state index in [1.807, 2.05) is 13.8 Å². The number of hydrogen-bond donors (Lipinski definition) is 0. The van der Waals surface area contributed by atoms with Gasteiger partial charge in [0.15, 0.2) is 0 Å². The van der Waals surface area contributed by atoms with Crippen molar-refractivity contribution in [2.45, 2.75) is 78.7 Å². The monoisotopic (exact) mass is 382 g/mol. The first-order chi connectivity index (χ1) is 10.8. The first kappa shape index (κ1) is 17.5. The van der Waals surface area contributed by atoms with Gasteiger partial charge in [0.05, 0.1) is 5.41 Å². The molecule has 0 aromatic rings. The lowest BCUT2D eigenvalue weighted by molar-refractivity contribution is -0.148. The normalized spacial score (nSPS) is 42.6. The van der Waals surface area contributed by atoms with Crippen LogP contribution in [0.2, 0.25) is 0 Å². The van der Waals surface area contributed by atoms with E-state index in [4.69, 9.17) is 4.74 Å². The predicted octanol–water partition coefficient (Wildman–Crippen LogP) is 5.85. The van der Waals surface area contributed by atoms with Crippen molar-refractivity contribution >= 4 is 21.9 Å². The molecule has 0 aromatic carbocycles. The third kappa shape index (κ3) is 3.03. The molecule has 3 fully saturated rings. The van der Waals surface area contributed by atoms with Crippen molar-refractivity contribution in [2.75, 3.05) is 0 Å². The summed E-state index contributed by atoms with van der Waals surface area (Å²) in [7, 11) is 0. The van der Waals surface area contributed by atoms with Crippen LogP contribution in [-0.4, -0.2) is 12.1 Å². The Labute approximate surface area is 149 Å². The Morgan fingerprint density at radius 3 is 2.70 bits per heavy atom. The van der Waals surface area contributed by atoms with Crippen molar-refractivity contribution in [2.24, 2.45) is 28.6 Å². The number of rotatable bonds is 3. The van der Waals surface area contributed by atoms with E-state index in [-0.39, 0.29) is 17.5 Å². The van der Waals surface area contributed by atoms with Crippen LogP contribution in [0.3, 0.4) is 0 Å². The summed E-state index contributed by atoms with van der Waals surface area (Å²) < 4.78 is 5.66. The molecule has 5 atom stereocenters. The molecule has 3 rings (SSSR count). The van der Waals surface area contributed by atoms with Gasteiger partial charge in [-0.05, 0) is 86.9 Å². The molecule has 0 aromatic heterocycles. The molecule has 23 heavy (non-hydrogen) atoms. The largest absolute Gasteiger partial charge is 0.462 e. The van der Waals surface area contributed by atoms with Crippen LogP contribution in [0.5, 0.6) is 0 Å². The minimum atomic E-state index is -0.288. The Morgan fingerprint density at radius 2 is 2.09 bits per heavy atom. The van der Waals surface area contributed by atoms with E-state index < -0.39 is 0 Å². The number of ether oxygens (including phenoxy) is 1. The summed E-state index contributed by atoms with van der Waals surface area (Å²) in [6.07, 6.45) is 8.65. The van der Waals surface area contributed by atoms with Gasteiger partial charge in [-0.2, -0.15) is 0 Å². The van der Waals surface area contributed by atoms with Crippen LogP contribution in [0, 0.1) is 28.6 Å². The Bertz CT molecular complexity index is 510. The molecule has 130 valence electrons. The summed E-state index contributed by atoms with van der Waals surface area (Å²) in [6.45, 7) is 8.94. The molecule has 0 N–H and O–H groups in total. The zero-order chi connectivity index (χ0) is 16.8. The summed E-state index contributed by atoms with van der Waals surface area (Å²) >= 11 is 3.60. The number of carbonyl (C=O) groups is 1. The Hall–Kier alpha value is -0.310. The number of carbonyl (C=O) groups excluding carboxylic acids is 1. The minimum absolute atomic E-state index is 0.00705. The van der Waals surface area contributed by atoms with Crippen LogP contribution >= 0.6 is 15.9 Å². The van der Waals surface area contributed by atoms with Crippen molar-refractivity contribution in [3.05, 3.63) is 10.6 Å². The molecule has 3 aliphatic rings. The fourth-order valence-electron chi connectivity index (χ4n) is 5.86. The second-order valence-corrected chi connectivity index (χ2v) is 9.57. The van der Waals surface area contributed by atoms with Gasteiger partial charge in [0.2, 0.25) is 0 Å². The van der Waals surface area contributed by atoms with Gasteiger partial charge in [0, 0.05) is 0 Å². The highest BCUT2D eigenvalue weighted by Gasteiger charge is 2.51. The molecule has 1 saturated heterocycles. The predicted molar refractivity (Wildman–Crippen MR) is 97.2 cm³/mol. The molecule has 2 saturated carbocycles. The third-order valence-corrected chi connectivity index (χ3v) is 7.65. The Balaban J connectivity index is 1.69. The Kier molecular flexibility index (Phi) is 4.72. The number of hydrogen-bond acceptors (Lipinski definition) is 2. The lowest BCUT2D eigenvalue weighted by Gasteiger charge is -2.44. The van der Waals surface area contributed by atoms with Gasteiger partial charge in [-0.15, -0.1) is 0 Å². The topological polar surface area (TPSA) is 26.3 Å². The van der Waals surface area contributed by atoms with Crippen LogP contribution in [-0.2, 0) is 9.53 Å². The smallest absolute Gasteiger partial charge is 0.311 e. The molecule has 3 heteroatoms. The van der Waals surface area contributed by atoms with Gasteiger partial charge >= 0.3 is 5.97 Å². The summed E-state index contributed by atoms with van der Waals surface area (Å²) in [5, 5.41) is 0. The maximum Gasteiger partial charge on any atom is 0.311 e. The molecule has 0 bridgehead atoms. The average Bonchev–Trinajstić information content (AvgIpc) is 2.94. The van der Waals surface area contributed by atoms with Gasteiger partial charge in [-0.25, -0.2) is 0 Å². The molecular weight excluding hydrogens is 352 g/mol. The summed E-state index contributed by atoms with van der Waals surface area (Å²) in [6, 6.07) is 0. The number of fused-ring (bicyclic) bond motifs is 1. The molecule has 1 aliphatic heterocycles. The molecule has 2 aliphatic carbocycles. The van der Waals surface area contributed by atoms with Crippen molar-refractivity contribution < 1.29 is 9.53 Å². The van der Waals surface area contributed by atoms with Crippen molar-refractivity contribution in [1.29, 1.82) is 0 Å². The first-order valence-electron chi connectivity index (χ1n) is 9.28. The van der Waals surface area contributed by atoms with E-state index in [1.54, 1.807) is 5.57 Å². The molecule has 0 radical (unpaired) electrons. The second kappa shape index (κ2) is 6.20. The lowest BCUT2D eigenvalue weighted by atomic mass is 9.61. The molecule has 2 unspecified atom stereocenters. The summed E-state index contributed by atoms with van der Waals surface area (Å²) in [4.78, 5) is 14.1. The highest BCUT2D eigenvalue weighted by Crippen LogP contribution is 2.60.